The van der Waals surface area contributed by atoms with E-state index in [1.807, 2.05) is 0 Å². The first-order chi connectivity index (χ1) is 8.22. The number of likely N-dealkylation sites (N-methyl/N-ethyl adjacent to an activating group) is 1. The van der Waals surface area contributed by atoms with Gasteiger partial charge in [0, 0.05) is 12.1 Å². The molecule has 1 rings (SSSR count). The van der Waals surface area contributed by atoms with Crippen LogP contribution < -0.4 is 5.32 Å². The highest BCUT2D eigenvalue weighted by Crippen LogP contribution is 2.23. The summed E-state index contributed by atoms with van der Waals surface area (Å²) in [5.74, 6) is 0.992. The quantitative estimate of drug-likeness (QED) is 0.766. The second kappa shape index (κ2) is 8.10. The third-order valence-electron chi connectivity index (χ3n) is 4.55. The fraction of sp³-hybridized carbons (Fsp3) is 1.00. The van der Waals surface area contributed by atoms with Gasteiger partial charge in [0.15, 0.2) is 0 Å². The number of hydrogen-bond donors (Lipinski definition) is 1. The molecule has 0 amide bonds. The van der Waals surface area contributed by atoms with E-state index in [1.165, 1.54) is 51.6 Å². The van der Waals surface area contributed by atoms with Crippen molar-refractivity contribution < 1.29 is 0 Å². The van der Waals surface area contributed by atoms with Crippen LogP contribution in [0.2, 0.25) is 0 Å². The summed E-state index contributed by atoms with van der Waals surface area (Å²) in [5.41, 5.74) is 0. The summed E-state index contributed by atoms with van der Waals surface area (Å²) in [6.45, 7) is 9.61. The molecule has 0 saturated carbocycles. The Bertz CT molecular complexity index is 189. The number of hydrogen-bond acceptors (Lipinski definition) is 2. The Morgan fingerprint density at radius 1 is 1.24 bits per heavy atom. The zero-order valence-corrected chi connectivity index (χ0v) is 12.3. The van der Waals surface area contributed by atoms with Crippen LogP contribution in [0.15, 0.2) is 0 Å². The van der Waals surface area contributed by atoms with Crippen LogP contribution in [0.4, 0.5) is 0 Å². The minimum Gasteiger partial charge on any atom is -0.315 e. The van der Waals surface area contributed by atoms with Gasteiger partial charge in [-0.3, -0.25) is 4.90 Å². The van der Waals surface area contributed by atoms with Crippen molar-refractivity contribution in [3.63, 3.8) is 0 Å². The standard InChI is InChI=1S/C15H32N2/c1-5-8-14-9-7-11-17(12-10-14)13(3)15(6-2)16-4/h13-16H,5-12H2,1-4H3. The largest absolute Gasteiger partial charge is 0.315 e. The zero-order chi connectivity index (χ0) is 12.7. The zero-order valence-electron chi connectivity index (χ0n) is 12.3. The van der Waals surface area contributed by atoms with Crippen LogP contribution in [-0.2, 0) is 0 Å². The maximum Gasteiger partial charge on any atom is 0.0220 e. The highest BCUT2D eigenvalue weighted by Gasteiger charge is 2.24. The molecular formula is C15H32N2. The Kier molecular flexibility index (Phi) is 7.14. The third kappa shape index (κ3) is 4.59. The van der Waals surface area contributed by atoms with E-state index in [2.05, 4.69) is 38.0 Å². The SMILES string of the molecule is CCCC1CCCN(C(C)C(CC)NC)CC1. The first kappa shape index (κ1) is 15.0. The van der Waals surface area contributed by atoms with Gasteiger partial charge < -0.3 is 5.32 Å². The molecule has 1 heterocycles. The van der Waals surface area contributed by atoms with Gasteiger partial charge in [0.2, 0.25) is 0 Å². The van der Waals surface area contributed by atoms with Crippen molar-refractivity contribution in [3.8, 4) is 0 Å². The van der Waals surface area contributed by atoms with Crippen LogP contribution in [0.25, 0.3) is 0 Å². The van der Waals surface area contributed by atoms with Gasteiger partial charge in [-0.2, -0.15) is 0 Å². The normalized spacial score (nSPS) is 26.5. The van der Waals surface area contributed by atoms with Gasteiger partial charge in [-0.05, 0) is 58.7 Å². The van der Waals surface area contributed by atoms with Gasteiger partial charge in [0.05, 0.1) is 0 Å². The van der Waals surface area contributed by atoms with Crippen molar-refractivity contribution in [2.45, 2.75) is 71.4 Å². The van der Waals surface area contributed by atoms with Gasteiger partial charge in [-0.25, -0.2) is 0 Å². The maximum atomic E-state index is 3.46. The van der Waals surface area contributed by atoms with E-state index in [0.717, 1.165) is 5.92 Å². The van der Waals surface area contributed by atoms with Gasteiger partial charge in [0.25, 0.3) is 0 Å². The molecule has 102 valence electrons. The lowest BCUT2D eigenvalue weighted by atomic mass is 9.96. The van der Waals surface area contributed by atoms with Gasteiger partial charge in [-0.1, -0.05) is 26.7 Å². The summed E-state index contributed by atoms with van der Waals surface area (Å²) in [5, 5.41) is 3.46. The maximum absolute atomic E-state index is 3.46. The molecule has 3 unspecified atom stereocenters. The molecule has 2 heteroatoms. The lowest BCUT2D eigenvalue weighted by Gasteiger charge is -2.33. The molecule has 1 saturated heterocycles. The van der Waals surface area contributed by atoms with Crippen molar-refractivity contribution in [3.05, 3.63) is 0 Å². The molecule has 0 aromatic carbocycles. The molecule has 1 N–H and O–H groups in total. The Balaban J connectivity index is 2.44. The highest BCUT2D eigenvalue weighted by atomic mass is 15.2. The van der Waals surface area contributed by atoms with Crippen LogP contribution in [0.1, 0.15) is 59.3 Å². The second-order valence-electron chi connectivity index (χ2n) is 5.67. The molecular weight excluding hydrogens is 208 g/mol. The molecule has 2 nitrogen and oxygen atoms in total. The van der Waals surface area contributed by atoms with Crippen LogP contribution in [-0.4, -0.2) is 37.1 Å². The molecule has 0 bridgehead atoms. The van der Waals surface area contributed by atoms with Crippen molar-refractivity contribution in [1.82, 2.24) is 10.2 Å². The molecule has 1 aliphatic rings. The lowest BCUT2D eigenvalue weighted by molar-refractivity contribution is 0.173. The summed E-state index contributed by atoms with van der Waals surface area (Å²) in [6.07, 6.45) is 8.28. The molecule has 1 aliphatic heterocycles. The fourth-order valence-corrected chi connectivity index (χ4v) is 3.33. The van der Waals surface area contributed by atoms with Crippen LogP contribution in [0, 0.1) is 5.92 Å². The van der Waals surface area contributed by atoms with Gasteiger partial charge in [0.1, 0.15) is 0 Å². The van der Waals surface area contributed by atoms with E-state index >= 15 is 0 Å². The Hall–Kier alpha value is -0.0800. The van der Waals surface area contributed by atoms with E-state index in [-0.39, 0.29) is 0 Å². The summed E-state index contributed by atoms with van der Waals surface area (Å²) < 4.78 is 0. The Morgan fingerprint density at radius 3 is 2.59 bits per heavy atom. The smallest absolute Gasteiger partial charge is 0.0220 e. The number of likely N-dealkylation sites (tertiary alicyclic amines) is 1. The van der Waals surface area contributed by atoms with E-state index in [9.17, 15) is 0 Å². The predicted molar refractivity (Wildman–Crippen MR) is 76.4 cm³/mol. The monoisotopic (exact) mass is 240 g/mol. The summed E-state index contributed by atoms with van der Waals surface area (Å²) in [4.78, 5) is 2.71. The van der Waals surface area contributed by atoms with E-state index in [1.54, 1.807) is 0 Å². The van der Waals surface area contributed by atoms with Crippen LogP contribution >= 0.6 is 0 Å². The van der Waals surface area contributed by atoms with Gasteiger partial charge >= 0.3 is 0 Å². The van der Waals surface area contributed by atoms with Crippen LogP contribution in [0.3, 0.4) is 0 Å². The lowest BCUT2D eigenvalue weighted by Crippen LogP contribution is -2.47. The van der Waals surface area contributed by atoms with Crippen molar-refractivity contribution in [2.75, 3.05) is 20.1 Å². The van der Waals surface area contributed by atoms with E-state index < -0.39 is 0 Å². The number of nitrogens with one attached hydrogen (secondary N) is 1. The van der Waals surface area contributed by atoms with Crippen molar-refractivity contribution in [2.24, 2.45) is 5.92 Å². The molecule has 0 aromatic heterocycles. The number of rotatable bonds is 6. The average molecular weight is 240 g/mol. The van der Waals surface area contributed by atoms with E-state index in [0.29, 0.717) is 12.1 Å². The molecule has 0 aromatic rings. The first-order valence-electron chi connectivity index (χ1n) is 7.64. The second-order valence-corrected chi connectivity index (χ2v) is 5.67. The predicted octanol–water partition coefficient (Wildman–Crippen LogP) is 3.28. The Morgan fingerprint density at radius 2 is 2.00 bits per heavy atom. The highest BCUT2D eigenvalue weighted by molar-refractivity contribution is 4.81. The summed E-state index contributed by atoms with van der Waals surface area (Å²) in [6, 6.07) is 1.34. The molecule has 3 atom stereocenters. The number of nitrogens with zero attached hydrogens (tertiary/aromatic N) is 1. The van der Waals surface area contributed by atoms with Crippen LogP contribution in [0.5, 0.6) is 0 Å². The molecule has 17 heavy (non-hydrogen) atoms. The molecule has 0 radical (unpaired) electrons. The average Bonchev–Trinajstić information content (AvgIpc) is 2.57. The van der Waals surface area contributed by atoms with Crippen molar-refractivity contribution >= 4 is 0 Å². The molecule has 1 fully saturated rings. The first-order valence-corrected chi connectivity index (χ1v) is 7.64. The summed E-state index contributed by atoms with van der Waals surface area (Å²) in [7, 11) is 2.10. The minimum atomic E-state index is 0.651. The summed E-state index contributed by atoms with van der Waals surface area (Å²) >= 11 is 0. The fourth-order valence-electron chi connectivity index (χ4n) is 3.33. The molecule has 0 spiro atoms. The van der Waals surface area contributed by atoms with E-state index in [4.69, 9.17) is 0 Å². The van der Waals surface area contributed by atoms with Crippen molar-refractivity contribution in [1.29, 1.82) is 0 Å². The van der Waals surface area contributed by atoms with Gasteiger partial charge in [-0.15, -0.1) is 0 Å². The minimum absolute atomic E-state index is 0.651. The molecule has 0 aliphatic carbocycles. The topological polar surface area (TPSA) is 15.3 Å². The Labute approximate surface area is 108 Å². The third-order valence-corrected chi connectivity index (χ3v) is 4.55.